The van der Waals surface area contributed by atoms with Gasteiger partial charge in [0.1, 0.15) is 0 Å². The van der Waals surface area contributed by atoms with Crippen LogP contribution in [0.5, 0.6) is 0 Å². The normalized spacial score (nSPS) is 43.9. The minimum absolute atomic E-state index is 0.390. The van der Waals surface area contributed by atoms with Gasteiger partial charge in [-0.05, 0) is 43.4 Å². The minimum Gasteiger partial charge on any atom is -0.359 e. The molecule has 3 fully saturated rings. The van der Waals surface area contributed by atoms with Crippen molar-refractivity contribution in [2.24, 2.45) is 22.7 Å². The number of nitrogens with one attached hydrogen (secondary N) is 1. The third kappa shape index (κ3) is 3.52. The van der Waals surface area contributed by atoms with E-state index in [2.05, 4.69) is 19.2 Å². The summed E-state index contributed by atoms with van der Waals surface area (Å²) in [5.74, 6) is 3.89. The fourth-order valence-electron chi connectivity index (χ4n) is 4.43. The average molecular weight is 295 g/mol. The first-order valence-electron chi connectivity index (χ1n) is 8.61. The molecule has 0 bridgehead atoms. The Kier molecular flexibility index (Phi) is 4.64. The van der Waals surface area contributed by atoms with E-state index in [1.54, 1.807) is 0 Å². The lowest BCUT2D eigenvalue weighted by atomic mass is 9.78. The Morgan fingerprint density at radius 2 is 2.05 bits per heavy atom. The summed E-state index contributed by atoms with van der Waals surface area (Å²) in [6.45, 7) is 5.87. The number of hydrogen-bond acceptors (Lipinski definition) is 2. The smallest absolute Gasteiger partial charge is 0.157 e. The van der Waals surface area contributed by atoms with Crippen LogP contribution in [0, 0.1) is 17.8 Å². The Hall–Kier alpha value is -0.180. The second-order valence-electron chi connectivity index (χ2n) is 7.68. The molecule has 1 heterocycles. The third-order valence-corrected chi connectivity index (χ3v) is 6.69. The van der Waals surface area contributed by atoms with E-state index in [0.717, 1.165) is 24.3 Å². The van der Waals surface area contributed by atoms with E-state index in [9.17, 15) is 0 Å². The fraction of sp³-hybridized carbons (Fsp3) is 0.941. The van der Waals surface area contributed by atoms with Gasteiger partial charge in [-0.2, -0.15) is 0 Å². The summed E-state index contributed by atoms with van der Waals surface area (Å²) < 4.78 is 0. The molecule has 3 heteroatoms. The molecule has 4 atom stereocenters. The van der Waals surface area contributed by atoms with Crippen molar-refractivity contribution in [1.29, 1.82) is 0 Å². The van der Waals surface area contributed by atoms with Gasteiger partial charge in [0.25, 0.3) is 0 Å². The maximum atomic E-state index is 4.92. The van der Waals surface area contributed by atoms with Crippen LogP contribution >= 0.6 is 11.8 Å². The summed E-state index contributed by atoms with van der Waals surface area (Å²) in [5.41, 5.74) is 0.390. The van der Waals surface area contributed by atoms with Crippen LogP contribution in [0.25, 0.3) is 0 Å². The van der Waals surface area contributed by atoms with Gasteiger partial charge in [0.05, 0.1) is 0 Å². The molecular weight excluding hydrogens is 264 g/mol. The van der Waals surface area contributed by atoms with Gasteiger partial charge in [0, 0.05) is 17.8 Å². The number of rotatable bonds is 2. The highest BCUT2D eigenvalue weighted by Gasteiger charge is 2.40. The van der Waals surface area contributed by atoms with Crippen LogP contribution in [-0.4, -0.2) is 23.0 Å². The Morgan fingerprint density at radius 3 is 2.85 bits per heavy atom. The molecule has 1 N–H and O–H groups in total. The number of hydrogen-bond donors (Lipinski definition) is 1. The maximum absolute atomic E-state index is 4.92. The molecule has 0 aromatic carbocycles. The van der Waals surface area contributed by atoms with Crippen molar-refractivity contribution >= 4 is 16.9 Å². The molecule has 0 aromatic rings. The van der Waals surface area contributed by atoms with Gasteiger partial charge in [0.2, 0.25) is 0 Å². The van der Waals surface area contributed by atoms with Crippen molar-refractivity contribution in [3.63, 3.8) is 0 Å². The van der Waals surface area contributed by atoms with Crippen molar-refractivity contribution in [1.82, 2.24) is 5.32 Å². The SMILES string of the molecule is CC1CCCC(CN=C2NC3(CCCC(C)C3)CS2)C1. The van der Waals surface area contributed by atoms with Crippen molar-refractivity contribution in [3.8, 4) is 0 Å². The van der Waals surface area contributed by atoms with Crippen molar-refractivity contribution in [2.75, 3.05) is 12.3 Å². The third-order valence-electron chi connectivity index (χ3n) is 5.49. The summed E-state index contributed by atoms with van der Waals surface area (Å²) >= 11 is 1.98. The van der Waals surface area contributed by atoms with E-state index in [0.29, 0.717) is 5.54 Å². The summed E-state index contributed by atoms with van der Waals surface area (Å²) in [5, 5.41) is 5.05. The number of aliphatic imine (C=N–C) groups is 1. The topological polar surface area (TPSA) is 24.4 Å². The molecule has 1 aliphatic heterocycles. The van der Waals surface area contributed by atoms with Crippen LogP contribution in [0.4, 0.5) is 0 Å². The van der Waals surface area contributed by atoms with E-state index in [1.807, 2.05) is 11.8 Å². The van der Waals surface area contributed by atoms with Crippen molar-refractivity contribution < 1.29 is 0 Å². The average Bonchev–Trinajstić information content (AvgIpc) is 2.79. The van der Waals surface area contributed by atoms with Gasteiger partial charge in [-0.15, -0.1) is 0 Å². The number of thioether (sulfide) groups is 1. The Labute approximate surface area is 128 Å². The van der Waals surface area contributed by atoms with Gasteiger partial charge >= 0.3 is 0 Å². The predicted octanol–water partition coefficient (Wildman–Crippen LogP) is 4.45. The highest BCUT2D eigenvalue weighted by atomic mass is 32.2. The molecule has 2 saturated carbocycles. The van der Waals surface area contributed by atoms with Gasteiger partial charge in [-0.3, -0.25) is 4.99 Å². The minimum atomic E-state index is 0.390. The predicted molar refractivity (Wildman–Crippen MR) is 89.4 cm³/mol. The summed E-state index contributed by atoms with van der Waals surface area (Å²) in [6.07, 6.45) is 11.1. The summed E-state index contributed by atoms with van der Waals surface area (Å²) in [7, 11) is 0. The standard InChI is InChI=1S/C17H30N2S/c1-13-5-3-7-15(9-13)11-18-16-19-17(12-20-16)8-4-6-14(2)10-17/h13-15H,3-12H2,1-2H3,(H,18,19). The molecule has 0 aromatic heterocycles. The first-order chi connectivity index (χ1) is 9.65. The lowest BCUT2D eigenvalue weighted by molar-refractivity contribution is 0.242. The van der Waals surface area contributed by atoms with E-state index in [-0.39, 0.29) is 0 Å². The highest BCUT2D eigenvalue weighted by molar-refractivity contribution is 8.14. The number of nitrogens with zero attached hydrogens (tertiary/aromatic N) is 1. The van der Waals surface area contributed by atoms with Crippen molar-refractivity contribution in [2.45, 2.75) is 70.8 Å². The zero-order valence-corrected chi connectivity index (χ0v) is 14.0. The Balaban J connectivity index is 1.52. The van der Waals surface area contributed by atoms with E-state index < -0.39 is 0 Å². The van der Waals surface area contributed by atoms with Gasteiger partial charge in [-0.25, -0.2) is 0 Å². The fourth-order valence-corrected chi connectivity index (χ4v) is 5.63. The Bertz CT molecular complexity index is 368. The monoisotopic (exact) mass is 294 g/mol. The van der Waals surface area contributed by atoms with Crippen LogP contribution in [0.1, 0.15) is 65.2 Å². The van der Waals surface area contributed by atoms with Crippen LogP contribution in [-0.2, 0) is 0 Å². The highest BCUT2D eigenvalue weighted by Crippen LogP contribution is 2.39. The molecule has 4 unspecified atom stereocenters. The zero-order valence-electron chi connectivity index (χ0n) is 13.2. The van der Waals surface area contributed by atoms with Crippen LogP contribution in [0.3, 0.4) is 0 Å². The first kappa shape index (κ1) is 14.7. The van der Waals surface area contributed by atoms with Gasteiger partial charge < -0.3 is 5.32 Å². The molecule has 0 amide bonds. The molecule has 114 valence electrons. The first-order valence-corrected chi connectivity index (χ1v) is 9.59. The van der Waals surface area contributed by atoms with Gasteiger partial charge in [0.15, 0.2) is 5.17 Å². The molecular formula is C17H30N2S. The summed E-state index contributed by atoms with van der Waals surface area (Å²) in [6, 6.07) is 0. The second kappa shape index (κ2) is 6.29. The molecule has 2 aliphatic carbocycles. The number of amidine groups is 1. The largest absolute Gasteiger partial charge is 0.359 e. The van der Waals surface area contributed by atoms with Crippen LogP contribution in [0.2, 0.25) is 0 Å². The van der Waals surface area contributed by atoms with Gasteiger partial charge in [-0.1, -0.05) is 51.3 Å². The van der Waals surface area contributed by atoms with Crippen molar-refractivity contribution in [3.05, 3.63) is 0 Å². The second-order valence-corrected chi connectivity index (χ2v) is 8.64. The molecule has 2 nitrogen and oxygen atoms in total. The molecule has 3 rings (SSSR count). The lowest BCUT2D eigenvalue weighted by Crippen LogP contribution is -2.47. The summed E-state index contributed by atoms with van der Waals surface area (Å²) in [4.78, 5) is 4.92. The molecule has 0 radical (unpaired) electrons. The zero-order chi connectivity index (χ0) is 14.0. The lowest BCUT2D eigenvalue weighted by Gasteiger charge is -2.36. The Morgan fingerprint density at radius 1 is 1.20 bits per heavy atom. The van der Waals surface area contributed by atoms with E-state index in [4.69, 9.17) is 4.99 Å². The van der Waals surface area contributed by atoms with E-state index in [1.165, 1.54) is 62.3 Å². The maximum Gasteiger partial charge on any atom is 0.157 e. The quantitative estimate of drug-likeness (QED) is 0.813. The van der Waals surface area contributed by atoms with E-state index >= 15 is 0 Å². The molecule has 1 spiro atoms. The molecule has 3 aliphatic rings. The molecule has 20 heavy (non-hydrogen) atoms. The van der Waals surface area contributed by atoms with Crippen LogP contribution in [0.15, 0.2) is 4.99 Å². The molecule has 1 saturated heterocycles. The van der Waals surface area contributed by atoms with Crippen LogP contribution < -0.4 is 5.32 Å².